The van der Waals surface area contributed by atoms with Crippen LogP contribution < -0.4 is 5.32 Å². The fourth-order valence-corrected chi connectivity index (χ4v) is 1.75. The number of benzene rings is 1. The predicted octanol–water partition coefficient (Wildman–Crippen LogP) is 3.15. The molecule has 0 amide bonds. The second-order valence-corrected chi connectivity index (χ2v) is 4.47. The first-order valence-corrected chi connectivity index (χ1v) is 5.94. The van der Waals surface area contributed by atoms with E-state index in [9.17, 15) is 0 Å². The molecule has 0 saturated carbocycles. The molecule has 1 unspecified atom stereocenters. The van der Waals surface area contributed by atoms with E-state index >= 15 is 0 Å². The van der Waals surface area contributed by atoms with Crippen molar-refractivity contribution in [2.75, 3.05) is 7.05 Å². The number of oxazole rings is 1. The summed E-state index contributed by atoms with van der Waals surface area (Å²) in [5.41, 5.74) is 0.904. The van der Waals surface area contributed by atoms with Gasteiger partial charge in [-0.1, -0.05) is 17.7 Å². The Labute approximate surface area is 106 Å². The summed E-state index contributed by atoms with van der Waals surface area (Å²) >= 11 is 5.93. The van der Waals surface area contributed by atoms with E-state index in [1.807, 2.05) is 31.3 Å². The second-order valence-electron chi connectivity index (χ2n) is 4.04. The lowest BCUT2D eigenvalue weighted by Crippen LogP contribution is -2.23. The number of aromatic nitrogens is 1. The summed E-state index contributed by atoms with van der Waals surface area (Å²) in [6.45, 7) is 2.10. The van der Waals surface area contributed by atoms with Gasteiger partial charge >= 0.3 is 0 Å². The number of rotatable bonds is 4. The lowest BCUT2D eigenvalue weighted by Gasteiger charge is -2.06. The number of nitrogens with zero attached hydrogens (tertiary/aromatic N) is 1. The van der Waals surface area contributed by atoms with Crippen LogP contribution in [0.3, 0.4) is 0 Å². The molecule has 2 rings (SSSR count). The lowest BCUT2D eigenvalue weighted by molar-refractivity contribution is 0.479. The van der Waals surface area contributed by atoms with Crippen molar-refractivity contribution >= 4 is 11.6 Å². The fraction of sp³-hybridized carbons (Fsp3) is 0.308. The first kappa shape index (κ1) is 12.1. The van der Waals surface area contributed by atoms with E-state index in [1.165, 1.54) is 0 Å². The molecule has 1 N–H and O–H groups in total. The van der Waals surface area contributed by atoms with Gasteiger partial charge in [-0.2, -0.15) is 0 Å². The van der Waals surface area contributed by atoms with Gasteiger partial charge < -0.3 is 9.73 Å². The third-order valence-corrected chi connectivity index (χ3v) is 2.86. The number of hydrogen-bond acceptors (Lipinski definition) is 3. The molecule has 90 valence electrons. The zero-order valence-electron chi connectivity index (χ0n) is 9.90. The lowest BCUT2D eigenvalue weighted by atomic mass is 10.2. The van der Waals surface area contributed by atoms with Crippen LogP contribution in [-0.4, -0.2) is 18.1 Å². The molecule has 0 fully saturated rings. The van der Waals surface area contributed by atoms with Gasteiger partial charge in [0.1, 0.15) is 5.76 Å². The zero-order chi connectivity index (χ0) is 12.3. The van der Waals surface area contributed by atoms with Crippen molar-refractivity contribution in [1.82, 2.24) is 10.3 Å². The molecule has 2 aromatic rings. The van der Waals surface area contributed by atoms with Gasteiger partial charge in [-0.15, -0.1) is 0 Å². The molecule has 4 heteroatoms. The first-order chi connectivity index (χ1) is 8.19. The third-order valence-electron chi connectivity index (χ3n) is 2.63. The minimum absolute atomic E-state index is 0.371. The van der Waals surface area contributed by atoms with Gasteiger partial charge in [-0.25, -0.2) is 4.98 Å². The van der Waals surface area contributed by atoms with Gasteiger partial charge in [-0.05, 0) is 32.2 Å². The highest BCUT2D eigenvalue weighted by molar-refractivity contribution is 6.30. The summed E-state index contributed by atoms with van der Waals surface area (Å²) in [6, 6.07) is 7.87. The van der Waals surface area contributed by atoms with Crippen LogP contribution in [0.5, 0.6) is 0 Å². The molecule has 0 radical (unpaired) electrons. The Morgan fingerprint density at radius 3 is 3.00 bits per heavy atom. The minimum atomic E-state index is 0.371. The Kier molecular flexibility index (Phi) is 3.82. The summed E-state index contributed by atoms with van der Waals surface area (Å²) in [6.07, 6.45) is 2.59. The van der Waals surface area contributed by atoms with Crippen molar-refractivity contribution in [3.63, 3.8) is 0 Å². The van der Waals surface area contributed by atoms with E-state index in [-0.39, 0.29) is 0 Å². The van der Waals surface area contributed by atoms with E-state index in [0.29, 0.717) is 17.0 Å². The second kappa shape index (κ2) is 5.34. The molecule has 0 bridgehead atoms. The van der Waals surface area contributed by atoms with Gasteiger partial charge in [0.2, 0.25) is 5.89 Å². The Morgan fingerprint density at radius 1 is 1.47 bits per heavy atom. The Hall–Kier alpha value is -1.32. The molecule has 3 nitrogen and oxygen atoms in total. The van der Waals surface area contributed by atoms with E-state index in [1.54, 1.807) is 6.20 Å². The summed E-state index contributed by atoms with van der Waals surface area (Å²) in [7, 11) is 1.93. The average Bonchev–Trinajstić information content (AvgIpc) is 2.77. The molecule has 0 aliphatic rings. The van der Waals surface area contributed by atoms with Gasteiger partial charge in [0.15, 0.2) is 0 Å². The van der Waals surface area contributed by atoms with Crippen molar-refractivity contribution in [3.8, 4) is 11.5 Å². The smallest absolute Gasteiger partial charge is 0.226 e. The summed E-state index contributed by atoms with van der Waals surface area (Å²) < 4.78 is 5.69. The molecule has 1 atom stereocenters. The van der Waals surface area contributed by atoms with Crippen LogP contribution in [-0.2, 0) is 6.42 Å². The first-order valence-electron chi connectivity index (χ1n) is 5.57. The predicted molar refractivity (Wildman–Crippen MR) is 69.2 cm³/mol. The van der Waals surface area contributed by atoms with Crippen LogP contribution in [0.25, 0.3) is 11.5 Å². The summed E-state index contributed by atoms with van der Waals surface area (Å²) in [5.74, 6) is 1.49. The largest absolute Gasteiger partial charge is 0.441 e. The topological polar surface area (TPSA) is 38.1 Å². The van der Waals surface area contributed by atoms with Crippen LogP contribution in [0, 0.1) is 0 Å². The molecule has 0 spiro atoms. The Bertz CT molecular complexity index is 496. The minimum Gasteiger partial charge on any atom is -0.441 e. The Balaban J connectivity index is 2.18. The van der Waals surface area contributed by atoms with Gasteiger partial charge in [0.05, 0.1) is 6.20 Å². The standard InChI is InChI=1S/C13H15ClN2O/c1-9(15-2)6-12-8-16-13(17-12)10-4-3-5-11(14)7-10/h3-5,7-9,15H,6H2,1-2H3. The molecular formula is C13H15ClN2O. The SMILES string of the molecule is CNC(C)Cc1cnc(-c2cccc(Cl)c2)o1. The molecule has 0 saturated heterocycles. The molecule has 1 aromatic heterocycles. The maximum absolute atomic E-state index is 5.93. The van der Waals surface area contributed by atoms with Crippen molar-refractivity contribution < 1.29 is 4.42 Å². The quantitative estimate of drug-likeness (QED) is 0.906. The van der Waals surface area contributed by atoms with Crippen molar-refractivity contribution in [2.45, 2.75) is 19.4 Å². The summed E-state index contributed by atoms with van der Waals surface area (Å²) in [4.78, 5) is 4.26. The van der Waals surface area contributed by atoms with E-state index in [0.717, 1.165) is 17.7 Å². The van der Waals surface area contributed by atoms with Crippen molar-refractivity contribution in [3.05, 3.63) is 41.2 Å². The number of hydrogen-bond donors (Lipinski definition) is 1. The summed E-state index contributed by atoms with van der Waals surface area (Å²) in [5, 5.41) is 3.85. The van der Waals surface area contributed by atoms with Crippen LogP contribution >= 0.6 is 11.6 Å². The van der Waals surface area contributed by atoms with Crippen LogP contribution in [0.1, 0.15) is 12.7 Å². The van der Waals surface area contributed by atoms with Gasteiger partial charge in [-0.3, -0.25) is 0 Å². The van der Waals surface area contributed by atoms with Gasteiger partial charge in [0.25, 0.3) is 0 Å². The molecule has 0 aliphatic carbocycles. The van der Waals surface area contributed by atoms with Crippen molar-refractivity contribution in [1.29, 1.82) is 0 Å². The molecule has 0 aliphatic heterocycles. The van der Waals surface area contributed by atoms with Crippen LogP contribution in [0.15, 0.2) is 34.9 Å². The van der Waals surface area contributed by atoms with E-state index in [2.05, 4.69) is 17.2 Å². The highest BCUT2D eigenvalue weighted by atomic mass is 35.5. The Morgan fingerprint density at radius 2 is 2.29 bits per heavy atom. The van der Waals surface area contributed by atoms with Crippen LogP contribution in [0.4, 0.5) is 0 Å². The van der Waals surface area contributed by atoms with Crippen molar-refractivity contribution in [2.24, 2.45) is 0 Å². The highest BCUT2D eigenvalue weighted by Gasteiger charge is 2.09. The number of likely N-dealkylation sites (N-methyl/N-ethyl adjacent to an activating group) is 1. The maximum Gasteiger partial charge on any atom is 0.226 e. The van der Waals surface area contributed by atoms with E-state index in [4.69, 9.17) is 16.0 Å². The number of halogens is 1. The number of nitrogens with one attached hydrogen (secondary N) is 1. The molecule has 1 heterocycles. The van der Waals surface area contributed by atoms with E-state index < -0.39 is 0 Å². The highest BCUT2D eigenvalue weighted by Crippen LogP contribution is 2.22. The average molecular weight is 251 g/mol. The zero-order valence-corrected chi connectivity index (χ0v) is 10.7. The van der Waals surface area contributed by atoms with Gasteiger partial charge in [0, 0.05) is 23.0 Å². The third kappa shape index (κ3) is 3.08. The molecular weight excluding hydrogens is 236 g/mol. The molecule has 17 heavy (non-hydrogen) atoms. The van der Waals surface area contributed by atoms with Crippen LogP contribution in [0.2, 0.25) is 5.02 Å². The fourth-order valence-electron chi connectivity index (χ4n) is 1.56. The maximum atomic E-state index is 5.93. The monoisotopic (exact) mass is 250 g/mol. The normalized spacial score (nSPS) is 12.6. The molecule has 1 aromatic carbocycles.